The van der Waals surface area contributed by atoms with Gasteiger partial charge in [-0.2, -0.15) is 0 Å². The average Bonchev–Trinajstić information content (AvgIpc) is 2.93. The number of aryl methyl sites for hydroxylation is 2. The Balaban J connectivity index is 1.81. The second kappa shape index (κ2) is 7.48. The first-order valence-corrected chi connectivity index (χ1v) is 11.3. The molecule has 29 heavy (non-hydrogen) atoms. The molecular formula is C18H18FN3O5S2. The van der Waals surface area contributed by atoms with Gasteiger partial charge < -0.3 is 4.52 Å². The van der Waals surface area contributed by atoms with Crippen molar-refractivity contribution < 1.29 is 25.7 Å². The van der Waals surface area contributed by atoms with Crippen molar-refractivity contribution in [2.45, 2.75) is 30.6 Å². The van der Waals surface area contributed by atoms with Crippen molar-refractivity contribution in [3.63, 3.8) is 0 Å². The van der Waals surface area contributed by atoms with Crippen LogP contribution in [0, 0.1) is 26.6 Å². The number of nitrogens with zero attached hydrogens (tertiary/aromatic N) is 1. The van der Waals surface area contributed by atoms with Crippen molar-refractivity contribution in [2.24, 2.45) is 0 Å². The third-order valence-corrected chi connectivity index (χ3v) is 6.94. The molecule has 11 heteroatoms. The average molecular weight is 439 g/mol. The first kappa shape index (κ1) is 20.8. The second-order valence-corrected chi connectivity index (χ2v) is 9.72. The Morgan fingerprint density at radius 1 is 0.897 bits per heavy atom. The number of rotatable bonds is 6. The molecule has 0 radical (unpaired) electrons. The number of halogens is 1. The highest BCUT2D eigenvalue weighted by Crippen LogP contribution is 2.24. The van der Waals surface area contributed by atoms with E-state index >= 15 is 0 Å². The molecule has 2 aromatic carbocycles. The molecule has 0 bridgehead atoms. The summed E-state index contributed by atoms with van der Waals surface area (Å²) in [6, 6.07) is 8.70. The van der Waals surface area contributed by atoms with Crippen LogP contribution in [0.25, 0.3) is 0 Å². The highest BCUT2D eigenvalue weighted by atomic mass is 32.2. The fraction of sp³-hybridized carbons (Fsp3) is 0.167. The first-order chi connectivity index (χ1) is 13.5. The molecule has 1 heterocycles. The molecule has 0 atom stereocenters. The monoisotopic (exact) mass is 439 g/mol. The Morgan fingerprint density at radius 3 is 2.10 bits per heavy atom. The number of benzene rings is 2. The molecule has 0 saturated carbocycles. The van der Waals surface area contributed by atoms with E-state index in [1.165, 1.54) is 30.3 Å². The highest BCUT2D eigenvalue weighted by molar-refractivity contribution is 7.93. The van der Waals surface area contributed by atoms with Gasteiger partial charge in [0.2, 0.25) is 5.88 Å². The second-order valence-electron chi connectivity index (χ2n) is 6.39. The van der Waals surface area contributed by atoms with Gasteiger partial charge in [0.1, 0.15) is 10.7 Å². The van der Waals surface area contributed by atoms with E-state index in [0.29, 0.717) is 16.8 Å². The summed E-state index contributed by atoms with van der Waals surface area (Å²) in [4.78, 5) is -0.618. The Kier molecular flexibility index (Phi) is 5.37. The van der Waals surface area contributed by atoms with Gasteiger partial charge >= 0.3 is 0 Å². The molecule has 0 aliphatic rings. The summed E-state index contributed by atoms with van der Waals surface area (Å²) in [6.45, 7) is 4.97. The Bertz CT molecular complexity index is 1270. The van der Waals surface area contributed by atoms with Crippen LogP contribution in [0.1, 0.15) is 16.8 Å². The Hall–Kier alpha value is -2.92. The number of sulfonamides is 2. The van der Waals surface area contributed by atoms with Gasteiger partial charge in [0, 0.05) is 11.3 Å². The van der Waals surface area contributed by atoms with Gasteiger partial charge in [-0.25, -0.2) is 25.9 Å². The molecular weight excluding hydrogens is 421 g/mol. The number of nitrogens with one attached hydrogen (secondary N) is 2. The summed E-state index contributed by atoms with van der Waals surface area (Å²) < 4.78 is 73.2. The highest BCUT2D eigenvalue weighted by Gasteiger charge is 2.21. The van der Waals surface area contributed by atoms with Crippen molar-refractivity contribution in [1.82, 2.24) is 5.16 Å². The van der Waals surface area contributed by atoms with E-state index in [2.05, 4.69) is 14.6 Å². The lowest BCUT2D eigenvalue weighted by Crippen LogP contribution is -2.15. The maximum atomic E-state index is 14.0. The molecule has 1 aromatic heterocycles. The van der Waals surface area contributed by atoms with Crippen LogP contribution < -0.4 is 9.44 Å². The molecule has 154 valence electrons. The summed E-state index contributed by atoms with van der Waals surface area (Å²) in [5, 5.41) is 3.68. The zero-order valence-electron chi connectivity index (χ0n) is 15.7. The molecule has 2 N–H and O–H groups in total. The molecule has 3 aromatic rings. The van der Waals surface area contributed by atoms with Gasteiger partial charge in [0.15, 0.2) is 0 Å². The van der Waals surface area contributed by atoms with Gasteiger partial charge in [-0.15, -0.1) is 0 Å². The molecule has 0 spiro atoms. The molecule has 0 unspecified atom stereocenters. The largest absolute Gasteiger partial charge is 0.337 e. The minimum absolute atomic E-state index is 0.00197. The van der Waals surface area contributed by atoms with Gasteiger partial charge in [-0.05, 0) is 62.7 Å². The zero-order valence-corrected chi connectivity index (χ0v) is 17.4. The van der Waals surface area contributed by atoms with E-state index in [4.69, 9.17) is 4.52 Å². The summed E-state index contributed by atoms with van der Waals surface area (Å²) in [6.07, 6.45) is 0. The normalized spacial score (nSPS) is 12.0. The SMILES string of the molecule is Cc1ccc(S(=O)(=O)Nc2ccc(S(=O)(=O)Nc3onc(C)c3C)cc2)c(F)c1. The smallest absolute Gasteiger partial charge is 0.264 e. The van der Waals surface area contributed by atoms with Crippen LogP contribution in [0.4, 0.5) is 16.0 Å². The van der Waals surface area contributed by atoms with Crippen LogP contribution in [0.5, 0.6) is 0 Å². The summed E-state index contributed by atoms with van der Waals surface area (Å²) in [5.41, 5.74) is 1.77. The summed E-state index contributed by atoms with van der Waals surface area (Å²) in [5.74, 6) is -0.874. The molecule has 0 fully saturated rings. The van der Waals surface area contributed by atoms with E-state index in [1.807, 2.05) is 0 Å². The number of aromatic nitrogens is 1. The summed E-state index contributed by atoms with van der Waals surface area (Å²) in [7, 11) is -8.14. The van der Waals surface area contributed by atoms with E-state index in [1.54, 1.807) is 20.8 Å². The van der Waals surface area contributed by atoms with Crippen LogP contribution in [0.2, 0.25) is 0 Å². The predicted molar refractivity (Wildman–Crippen MR) is 105 cm³/mol. The van der Waals surface area contributed by atoms with E-state index in [9.17, 15) is 21.2 Å². The topological polar surface area (TPSA) is 118 Å². The van der Waals surface area contributed by atoms with Gasteiger partial charge in [0.25, 0.3) is 20.0 Å². The molecule has 0 aliphatic carbocycles. The lowest BCUT2D eigenvalue weighted by atomic mass is 10.2. The first-order valence-electron chi connectivity index (χ1n) is 8.34. The van der Waals surface area contributed by atoms with E-state index in [-0.39, 0.29) is 16.5 Å². The van der Waals surface area contributed by atoms with Crippen molar-refractivity contribution in [1.29, 1.82) is 0 Å². The standard InChI is InChI=1S/C18H18FN3O5S2/c1-11-4-9-17(16(19)10-11)29(25,26)21-14-5-7-15(8-6-14)28(23,24)22-18-12(2)13(3)20-27-18/h4-10,21-22H,1-3H3. The molecule has 0 saturated heterocycles. The lowest BCUT2D eigenvalue weighted by Gasteiger charge is -2.10. The maximum Gasteiger partial charge on any atom is 0.264 e. The van der Waals surface area contributed by atoms with E-state index < -0.39 is 30.8 Å². The van der Waals surface area contributed by atoms with Gasteiger partial charge in [-0.1, -0.05) is 11.2 Å². The van der Waals surface area contributed by atoms with Crippen LogP contribution in [0.15, 0.2) is 56.8 Å². The quantitative estimate of drug-likeness (QED) is 0.608. The third-order valence-electron chi connectivity index (χ3n) is 4.18. The van der Waals surface area contributed by atoms with Crippen molar-refractivity contribution in [3.8, 4) is 0 Å². The molecule has 0 amide bonds. The minimum Gasteiger partial charge on any atom is -0.337 e. The fourth-order valence-electron chi connectivity index (χ4n) is 2.43. The summed E-state index contributed by atoms with van der Waals surface area (Å²) >= 11 is 0. The Labute approximate surface area is 167 Å². The van der Waals surface area contributed by atoms with Crippen LogP contribution in [0.3, 0.4) is 0 Å². The zero-order chi connectivity index (χ0) is 21.4. The predicted octanol–water partition coefficient (Wildman–Crippen LogP) is 3.34. The maximum absolute atomic E-state index is 14.0. The number of anilines is 2. The molecule has 0 aliphatic heterocycles. The van der Waals surface area contributed by atoms with Crippen molar-refractivity contribution >= 4 is 31.6 Å². The fourth-order valence-corrected chi connectivity index (χ4v) is 4.59. The van der Waals surface area contributed by atoms with Crippen molar-refractivity contribution in [3.05, 3.63) is 65.1 Å². The van der Waals surface area contributed by atoms with Crippen LogP contribution >= 0.6 is 0 Å². The van der Waals surface area contributed by atoms with Crippen LogP contribution in [-0.4, -0.2) is 22.0 Å². The minimum atomic E-state index is -4.17. The Morgan fingerprint density at radius 2 is 1.55 bits per heavy atom. The third kappa shape index (κ3) is 4.40. The van der Waals surface area contributed by atoms with Gasteiger partial charge in [-0.3, -0.25) is 4.72 Å². The van der Waals surface area contributed by atoms with Crippen molar-refractivity contribution in [2.75, 3.05) is 9.44 Å². The van der Waals surface area contributed by atoms with E-state index in [0.717, 1.165) is 12.1 Å². The lowest BCUT2D eigenvalue weighted by molar-refractivity contribution is 0.430. The number of hydrogen-bond donors (Lipinski definition) is 2. The molecule has 8 nitrogen and oxygen atoms in total. The van der Waals surface area contributed by atoms with Gasteiger partial charge in [0.05, 0.1) is 10.6 Å². The van der Waals surface area contributed by atoms with Crippen LogP contribution in [-0.2, 0) is 20.0 Å². The molecule has 3 rings (SSSR count). The number of hydrogen-bond acceptors (Lipinski definition) is 6.